The van der Waals surface area contributed by atoms with E-state index in [0.717, 1.165) is 37.7 Å². The van der Waals surface area contributed by atoms with Crippen LogP contribution in [0, 0.1) is 50.2 Å². The van der Waals surface area contributed by atoms with Gasteiger partial charge in [-0.15, -0.1) is 0 Å². The second-order valence-electron chi connectivity index (χ2n) is 20.4. The molecule has 4 saturated carbocycles. The van der Waals surface area contributed by atoms with Gasteiger partial charge in [0.25, 0.3) is 0 Å². The molecule has 2 heterocycles. The van der Waals surface area contributed by atoms with Crippen molar-refractivity contribution in [1.29, 1.82) is 0 Å². The van der Waals surface area contributed by atoms with E-state index in [1.54, 1.807) is 6.92 Å². The molecule has 0 bridgehead atoms. The molecule has 2 aliphatic heterocycles. The fraction of sp³-hybridized carbons (Fsp3) is 0.905. The number of allylic oxidation sites excluding steroid dienone is 2. The van der Waals surface area contributed by atoms with Crippen LogP contribution in [-0.4, -0.2) is 127 Å². The molecule has 56 heavy (non-hydrogen) atoms. The number of carboxylic acids is 2. The van der Waals surface area contributed by atoms with Crippen molar-refractivity contribution in [2.45, 2.75) is 180 Å². The first kappa shape index (κ1) is 42.4. The topological polar surface area (TPSA) is 233 Å². The van der Waals surface area contributed by atoms with Crippen LogP contribution in [0.2, 0.25) is 0 Å². The van der Waals surface area contributed by atoms with Gasteiger partial charge in [0.1, 0.15) is 42.7 Å². The average Bonchev–Trinajstić information content (AvgIpc) is 3.13. The minimum Gasteiger partial charge on any atom is -0.481 e. The Bertz CT molecular complexity index is 1570. The second-order valence-corrected chi connectivity index (χ2v) is 20.4. The van der Waals surface area contributed by atoms with E-state index in [1.165, 1.54) is 6.92 Å². The van der Waals surface area contributed by atoms with E-state index in [4.69, 9.17) is 18.9 Å². The van der Waals surface area contributed by atoms with E-state index in [2.05, 4.69) is 40.7 Å². The second kappa shape index (κ2) is 14.2. The van der Waals surface area contributed by atoms with E-state index in [0.29, 0.717) is 32.1 Å². The minimum atomic E-state index is -1.65. The molecule has 2 saturated heterocycles. The van der Waals surface area contributed by atoms with Crippen LogP contribution in [0.1, 0.15) is 113 Å². The first-order valence-electron chi connectivity index (χ1n) is 20.8. The number of ether oxygens (including phenoxy) is 4. The number of hydrogen-bond donors (Lipinski definition) is 8. The molecule has 19 atom stereocenters. The molecular weight excluding hydrogens is 728 g/mol. The maximum atomic E-state index is 13.1. The number of carboxylic acid groups (broad SMARTS) is 2. The Hall–Kier alpha value is -1.72. The Balaban J connectivity index is 1.10. The fourth-order valence-electron chi connectivity index (χ4n) is 13.7. The zero-order chi connectivity index (χ0) is 41.1. The highest BCUT2D eigenvalue weighted by atomic mass is 16.7. The van der Waals surface area contributed by atoms with Gasteiger partial charge >= 0.3 is 11.9 Å². The van der Waals surface area contributed by atoms with Crippen LogP contribution in [0.5, 0.6) is 0 Å². The predicted molar refractivity (Wildman–Crippen MR) is 198 cm³/mol. The van der Waals surface area contributed by atoms with Crippen LogP contribution in [0.3, 0.4) is 0 Å². The largest absolute Gasteiger partial charge is 0.481 e. The average molecular weight is 795 g/mol. The van der Waals surface area contributed by atoms with Gasteiger partial charge in [-0.3, -0.25) is 9.59 Å². The smallest absolute Gasteiger partial charge is 0.310 e. The zero-order valence-electron chi connectivity index (χ0n) is 34.0. The number of aliphatic hydroxyl groups excluding tert-OH is 6. The van der Waals surface area contributed by atoms with Crippen molar-refractivity contribution >= 4 is 11.9 Å². The number of aliphatic carboxylic acids is 2. The van der Waals surface area contributed by atoms with Gasteiger partial charge in [-0.2, -0.15) is 0 Å². The third-order valence-corrected chi connectivity index (χ3v) is 17.5. The standard InChI is InChI=1S/C42H66O14/c1-20-27(44)28(45)30(47)33(53-20)56-32-23(19-43)54-34(31(48)29(32)46)55-26-11-12-39(5)24(37(26,2)3)10-13-41(7)25(39)9-8-21-22-18-38(4,35(49)50)14-16-42(22,36(51)52)17-15-40(21,41)6/h8,20,22-34,43-48H,9-19H2,1-7H3,(H,49,50)(H,51,52)/t20-,22-,23+,24?,25+,26-,27-,28+,29+,30+,31+,32+,33-,34-,38+,39-,40+,41+,42-/m0/s1. The molecule has 1 unspecified atom stereocenters. The first-order valence-corrected chi connectivity index (χ1v) is 20.8. The maximum absolute atomic E-state index is 13.1. The van der Waals surface area contributed by atoms with Crippen molar-refractivity contribution in [2.75, 3.05) is 6.61 Å². The summed E-state index contributed by atoms with van der Waals surface area (Å²) < 4.78 is 24.0. The van der Waals surface area contributed by atoms with Crippen molar-refractivity contribution in [2.24, 2.45) is 50.2 Å². The Morgan fingerprint density at radius 1 is 0.750 bits per heavy atom. The van der Waals surface area contributed by atoms with Gasteiger partial charge in [-0.1, -0.05) is 46.3 Å². The molecule has 14 nitrogen and oxygen atoms in total. The number of fused-ring (bicyclic) bond motifs is 7. The molecule has 5 aliphatic carbocycles. The molecule has 0 spiro atoms. The van der Waals surface area contributed by atoms with Crippen molar-refractivity contribution in [1.82, 2.24) is 0 Å². The van der Waals surface area contributed by atoms with Crippen LogP contribution < -0.4 is 0 Å². The summed E-state index contributed by atoms with van der Waals surface area (Å²) in [6.07, 6.45) is -5.58. The third kappa shape index (κ3) is 6.01. The van der Waals surface area contributed by atoms with Gasteiger partial charge in [0, 0.05) is 0 Å². The highest BCUT2D eigenvalue weighted by Crippen LogP contribution is 2.76. The summed E-state index contributed by atoms with van der Waals surface area (Å²) in [6, 6.07) is 0. The van der Waals surface area contributed by atoms with Crippen LogP contribution >= 0.6 is 0 Å². The quantitative estimate of drug-likeness (QED) is 0.137. The number of rotatable bonds is 7. The van der Waals surface area contributed by atoms with Crippen LogP contribution in [-0.2, 0) is 28.5 Å². The van der Waals surface area contributed by atoms with E-state index >= 15 is 0 Å². The van der Waals surface area contributed by atoms with Gasteiger partial charge in [0.2, 0.25) is 0 Å². The van der Waals surface area contributed by atoms with Crippen molar-refractivity contribution in [3.63, 3.8) is 0 Å². The highest BCUT2D eigenvalue weighted by molar-refractivity contribution is 5.79. The van der Waals surface area contributed by atoms with E-state index in [9.17, 15) is 50.4 Å². The Kier molecular flexibility index (Phi) is 10.8. The SMILES string of the molecule is C[C@@H]1O[C@@H](O[C@H]2[C@H](O)[C@@H](O)[C@H](O[C@H]3CC[C@@]4(C)C(CC[C@]5(C)[C@@H]4CC=C4[C@@H]6C[C@](C)(C(=O)O)CC[C@]6(C(=O)O)CC[C@]45C)C3(C)C)O[C@@H]2CO)[C@H](O)[C@H](O)[C@H]1O. The first-order chi connectivity index (χ1) is 26.0. The summed E-state index contributed by atoms with van der Waals surface area (Å²) in [7, 11) is 0. The molecule has 0 amide bonds. The van der Waals surface area contributed by atoms with Crippen LogP contribution in [0.25, 0.3) is 0 Å². The van der Waals surface area contributed by atoms with Crippen molar-refractivity contribution < 1.29 is 69.4 Å². The molecule has 7 rings (SSSR count). The van der Waals surface area contributed by atoms with Crippen molar-refractivity contribution in [3.05, 3.63) is 11.6 Å². The molecule has 0 aromatic carbocycles. The summed E-state index contributed by atoms with van der Waals surface area (Å²) in [5, 5.41) is 84.7. The van der Waals surface area contributed by atoms with E-state index in [-0.39, 0.29) is 40.1 Å². The Labute approximate surface area is 329 Å². The monoisotopic (exact) mass is 794 g/mol. The molecule has 14 heteroatoms. The zero-order valence-corrected chi connectivity index (χ0v) is 34.0. The fourth-order valence-corrected chi connectivity index (χ4v) is 13.7. The lowest BCUT2D eigenvalue weighted by Gasteiger charge is -2.71. The Morgan fingerprint density at radius 3 is 2.04 bits per heavy atom. The highest BCUT2D eigenvalue weighted by Gasteiger charge is 2.70. The molecule has 0 aromatic rings. The predicted octanol–water partition coefficient (Wildman–Crippen LogP) is 2.97. The molecule has 318 valence electrons. The lowest BCUT2D eigenvalue weighted by Crippen LogP contribution is -2.66. The van der Waals surface area contributed by atoms with Crippen LogP contribution in [0.4, 0.5) is 0 Å². The minimum absolute atomic E-state index is 0.112. The number of hydrogen-bond acceptors (Lipinski definition) is 12. The van der Waals surface area contributed by atoms with Gasteiger partial charge in [-0.25, -0.2) is 0 Å². The van der Waals surface area contributed by atoms with E-state index < -0.39 is 96.2 Å². The van der Waals surface area contributed by atoms with Gasteiger partial charge in [0.15, 0.2) is 12.6 Å². The lowest BCUT2D eigenvalue weighted by atomic mass is 9.33. The molecule has 6 fully saturated rings. The van der Waals surface area contributed by atoms with E-state index in [1.807, 2.05) is 0 Å². The Morgan fingerprint density at radius 2 is 1.39 bits per heavy atom. The van der Waals surface area contributed by atoms with Crippen molar-refractivity contribution in [3.8, 4) is 0 Å². The molecule has 8 N–H and O–H groups in total. The lowest BCUT2D eigenvalue weighted by molar-refractivity contribution is -0.366. The summed E-state index contributed by atoms with van der Waals surface area (Å²) in [5.41, 5.74) is -1.71. The molecule has 0 radical (unpaired) electrons. The summed E-state index contributed by atoms with van der Waals surface area (Å²) in [6.45, 7) is 14.2. The van der Waals surface area contributed by atoms with Gasteiger partial charge in [-0.05, 0) is 117 Å². The van der Waals surface area contributed by atoms with Gasteiger partial charge in [0.05, 0.1) is 29.6 Å². The summed E-state index contributed by atoms with van der Waals surface area (Å²) in [4.78, 5) is 25.6. The maximum Gasteiger partial charge on any atom is 0.310 e. The third-order valence-electron chi connectivity index (χ3n) is 17.5. The molecule has 7 aliphatic rings. The number of carbonyl (C=O) groups is 2. The molecule has 0 aromatic heterocycles. The van der Waals surface area contributed by atoms with Gasteiger partial charge < -0.3 is 59.8 Å². The van der Waals surface area contributed by atoms with Crippen LogP contribution in [0.15, 0.2) is 11.6 Å². The summed E-state index contributed by atoms with van der Waals surface area (Å²) >= 11 is 0. The molecular formula is C42H66O14. The normalized spacial score (nSPS) is 54.1. The summed E-state index contributed by atoms with van der Waals surface area (Å²) in [5.74, 6) is -1.50. The number of aliphatic hydroxyl groups is 6.